The first-order valence-corrected chi connectivity index (χ1v) is 8.79. The molecule has 0 radical (unpaired) electrons. The summed E-state index contributed by atoms with van der Waals surface area (Å²) in [6.07, 6.45) is 0. The molecule has 0 aliphatic carbocycles. The fraction of sp³-hybridized carbons (Fsp3) is 0.385. The third kappa shape index (κ3) is 3.14. The van der Waals surface area contributed by atoms with E-state index in [9.17, 15) is 0 Å². The van der Waals surface area contributed by atoms with Gasteiger partial charge in [-0.1, -0.05) is 28.9 Å². The van der Waals surface area contributed by atoms with E-state index in [0.717, 1.165) is 21.4 Å². The summed E-state index contributed by atoms with van der Waals surface area (Å²) in [6.45, 7) is 0. The van der Waals surface area contributed by atoms with E-state index in [2.05, 4.69) is 10.1 Å². The monoisotopic (exact) mass is 327 g/mol. The van der Waals surface area contributed by atoms with Crippen molar-refractivity contribution >= 4 is 35.1 Å². The predicted molar refractivity (Wildman–Crippen MR) is 83.4 cm³/mol. The Labute approximate surface area is 130 Å². The lowest BCUT2D eigenvalue weighted by molar-refractivity contribution is 0.349. The predicted octanol–water partition coefficient (Wildman–Crippen LogP) is 3.17. The summed E-state index contributed by atoms with van der Waals surface area (Å²) in [4.78, 5) is 5.47. The van der Waals surface area contributed by atoms with Crippen molar-refractivity contribution in [1.29, 1.82) is 0 Å². The van der Waals surface area contributed by atoms with E-state index in [1.807, 2.05) is 36.0 Å². The van der Waals surface area contributed by atoms with Crippen LogP contribution in [0.5, 0.6) is 0 Å². The maximum Gasteiger partial charge on any atom is 0.232 e. The maximum atomic E-state index is 6.11. The van der Waals surface area contributed by atoms with Gasteiger partial charge < -0.3 is 10.3 Å². The van der Waals surface area contributed by atoms with Crippen LogP contribution in [0.4, 0.5) is 0 Å². The van der Waals surface area contributed by atoms with Gasteiger partial charge in [-0.15, -0.1) is 11.8 Å². The number of thioether (sulfide) groups is 2. The van der Waals surface area contributed by atoms with Crippen molar-refractivity contribution in [3.05, 3.63) is 41.0 Å². The van der Waals surface area contributed by atoms with Gasteiger partial charge in [-0.05, 0) is 12.1 Å². The van der Waals surface area contributed by atoms with Crippen molar-refractivity contribution in [2.24, 2.45) is 5.73 Å². The van der Waals surface area contributed by atoms with Crippen LogP contribution in [0.1, 0.15) is 17.6 Å². The molecule has 2 N–H and O–H groups in total. The van der Waals surface area contributed by atoms with Crippen LogP contribution in [0.2, 0.25) is 5.02 Å². The quantitative estimate of drug-likeness (QED) is 0.870. The maximum absolute atomic E-state index is 6.11. The SMILES string of the molecule is NC1CSCC1c1nc(CSc2ccccc2Cl)no1. The summed E-state index contributed by atoms with van der Waals surface area (Å²) >= 11 is 9.55. The molecule has 1 aliphatic rings. The summed E-state index contributed by atoms with van der Waals surface area (Å²) in [5.74, 6) is 4.09. The van der Waals surface area contributed by atoms with Crippen LogP contribution >= 0.6 is 35.1 Å². The van der Waals surface area contributed by atoms with Crippen molar-refractivity contribution in [2.75, 3.05) is 11.5 Å². The van der Waals surface area contributed by atoms with Gasteiger partial charge in [0.15, 0.2) is 5.82 Å². The average Bonchev–Trinajstić information content (AvgIpc) is 3.06. The van der Waals surface area contributed by atoms with Crippen molar-refractivity contribution in [3.63, 3.8) is 0 Å². The summed E-state index contributed by atoms with van der Waals surface area (Å²) in [6, 6.07) is 7.85. The zero-order valence-corrected chi connectivity index (χ0v) is 13.0. The van der Waals surface area contributed by atoms with Crippen LogP contribution in [0.3, 0.4) is 0 Å². The van der Waals surface area contributed by atoms with E-state index >= 15 is 0 Å². The molecule has 106 valence electrons. The van der Waals surface area contributed by atoms with E-state index < -0.39 is 0 Å². The summed E-state index contributed by atoms with van der Waals surface area (Å²) in [7, 11) is 0. The van der Waals surface area contributed by atoms with Crippen LogP contribution in [0.15, 0.2) is 33.7 Å². The molecular weight excluding hydrogens is 314 g/mol. The fourth-order valence-electron chi connectivity index (χ4n) is 2.01. The molecule has 20 heavy (non-hydrogen) atoms. The van der Waals surface area contributed by atoms with Crippen LogP contribution in [0, 0.1) is 0 Å². The molecular formula is C13H14ClN3OS2. The highest BCUT2D eigenvalue weighted by Gasteiger charge is 2.30. The molecule has 4 nitrogen and oxygen atoms in total. The van der Waals surface area contributed by atoms with Gasteiger partial charge in [-0.25, -0.2) is 0 Å². The lowest BCUT2D eigenvalue weighted by Crippen LogP contribution is -2.26. The minimum Gasteiger partial charge on any atom is -0.339 e. The molecule has 1 aromatic carbocycles. The largest absolute Gasteiger partial charge is 0.339 e. The van der Waals surface area contributed by atoms with Gasteiger partial charge in [0.2, 0.25) is 5.89 Å². The highest BCUT2D eigenvalue weighted by Crippen LogP contribution is 2.32. The Hall–Kier alpha value is -0.690. The first-order chi connectivity index (χ1) is 9.74. The number of halogens is 1. The van der Waals surface area contributed by atoms with Gasteiger partial charge >= 0.3 is 0 Å². The third-order valence-corrected chi connectivity index (χ3v) is 5.85. The van der Waals surface area contributed by atoms with Gasteiger partial charge in [0, 0.05) is 22.4 Å². The van der Waals surface area contributed by atoms with E-state index in [1.54, 1.807) is 11.8 Å². The minimum absolute atomic E-state index is 0.115. The van der Waals surface area contributed by atoms with Gasteiger partial charge in [0.1, 0.15) is 0 Å². The Balaban J connectivity index is 1.64. The van der Waals surface area contributed by atoms with Crippen LogP contribution in [-0.2, 0) is 5.75 Å². The number of aromatic nitrogens is 2. The molecule has 1 aromatic heterocycles. The lowest BCUT2D eigenvalue weighted by Gasteiger charge is -2.07. The molecule has 2 atom stereocenters. The van der Waals surface area contributed by atoms with E-state index in [4.69, 9.17) is 21.9 Å². The van der Waals surface area contributed by atoms with E-state index in [0.29, 0.717) is 17.5 Å². The van der Waals surface area contributed by atoms with Crippen molar-refractivity contribution < 1.29 is 4.52 Å². The third-order valence-electron chi connectivity index (χ3n) is 3.12. The molecule has 1 aliphatic heterocycles. The van der Waals surface area contributed by atoms with Crippen LogP contribution in [0.25, 0.3) is 0 Å². The lowest BCUT2D eigenvalue weighted by atomic mass is 10.1. The molecule has 3 rings (SSSR count). The zero-order chi connectivity index (χ0) is 13.9. The second kappa shape index (κ2) is 6.39. The zero-order valence-electron chi connectivity index (χ0n) is 10.7. The van der Waals surface area contributed by atoms with Crippen LogP contribution < -0.4 is 5.73 Å². The molecule has 0 saturated carbocycles. The number of hydrogen-bond acceptors (Lipinski definition) is 6. The first kappa shape index (κ1) is 14.3. The van der Waals surface area contributed by atoms with Crippen molar-refractivity contribution in [1.82, 2.24) is 10.1 Å². The van der Waals surface area contributed by atoms with E-state index in [-0.39, 0.29) is 12.0 Å². The van der Waals surface area contributed by atoms with E-state index in [1.165, 1.54) is 0 Å². The second-order valence-corrected chi connectivity index (χ2v) is 7.08. The van der Waals surface area contributed by atoms with Crippen molar-refractivity contribution in [2.45, 2.75) is 22.6 Å². The standard InChI is InChI=1S/C13H14ClN3OS2/c14-9-3-1-2-4-11(9)20-7-12-16-13(18-17-12)8-5-19-6-10(8)15/h1-4,8,10H,5-7,15H2. The number of nitrogens with two attached hydrogens (primary N) is 1. The Kier molecular flexibility index (Phi) is 4.55. The average molecular weight is 328 g/mol. The molecule has 2 heterocycles. The van der Waals surface area contributed by atoms with Gasteiger partial charge in [0.05, 0.1) is 16.7 Å². The highest BCUT2D eigenvalue weighted by molar-refractivity contribution is 7.99. The number of nitrogens with zero attached hydrogens (tertiary/aromatic N) is 2. The van der Waals surface area contributed by atoms with Gasteiger partial charge in [-0.2, -0.15) is 16.7 Å². The highest BCUT2D eigenvalue weighted by atomic mass is 35.5. The molecule has 2 aromatic rings. The topological polar surface area (TPSA) is 64.9 Å². The Morgan fingerprint density at radius 3 is 3.00 bits per heavy atom. The second-order valence-electron chi connectivity index (χ2n) is 4.58. The summed E-state index contributed by atoms with van der Waals surface area (Å²) in [5, 5.41) is 4.77. The molecule has 1 fully saturated rings. The number of hydrogen-bond donors (Lipinski definition) is 1. The fourth-order valence-corrected chi connectivity index (χ4v) is 4.37. The summed E-state index contributed by atoms with van der Waals surface area (Å²) in [5.41, 5.74) is 6.03. The summed E-state index contributed by atoms with van der Waals surface area (Å²) < 4.78 is 5.34. The number of benzene rings is 1. The smallest absolute Gasteiger partial charge is 0.232 e. The number of rotatable bonds is 4. The molecule has 7 heteroatoms. The van der Waals surface area contributed by atoms with Gasteiger partial charge in [-0.3, -0.25) is 0 Å². The van der Waals surface area contributed by atoms with Crippen LogP contribution in [-0.4, -0.2) is 27.7 Å². The molecule has 2 unspecified atom stereocenters. The molecule has 0 bridgehead atoms. The first-order valence-electron chi connectivity index (χ1n) is 6.27. The molecule has 0 spiro atoms. The minimum atomic E-state index is 0.115. The Bertz CT molecular complexity index is 593. The Morgan fingerprint density at radius 1 is 1.40 bits per heavy atom. The normalized spacial score (nSPS) is 22.3. The molecule has 1 saturated heterocycles. The molecule has 0 amide bonds. The Morgan fingerprint density at radius 2 is 2.25 bits per heavy atom. The van der Waals surface area contributed by atoms with Gasteiger partial charge in [0.25, 0.3) is 0 Å². The van der Waals surface area contributed by atoms with Crippen molar-refractivity contribution in [3.8, 4) is 0 Å².